The first-order valence-corrected chi connectivity index (χ1v) is 6.96. The molecule has 0 aliphatic carbocycles. The first-order chi connectivity index (χ1) is 10.1. The Morgan fingerprint density at radius 1 is 1.00 bits per heavy atom. The molecule has 3 N–H and O–H groups in total. The lowest BCUT2D eigenvalue weighted by Gasteiger charge is -2.48. The van der Waals surface area contributed by atoms with Gasteiger partial charge in [-0.15, -0.1) is 0 Å². The van der Waals surface area contributed by atoms with Gasteiger partial charge in [-0.3, -0.25) is 9.69 Å². The third kappa shape index (κ3) is 2.55. The number of primary amides is 1. The van der Waals surface area contributed by atoms with Gasteiger partial charge in [0.2, 0.25) is 0 Å². The van der Waals surface area contributed by atoms with Crippen LogP contribution in [0.5, 0.6) is 0 Å². The summed E-state index contributed by atoms with van der Waals surface area (Å²) in [5.41, 5.74) is 6.12. The first kappa shape index (κ1) is 13.8. The number of likely N-dealkylation sites (tertiary alicyclic amines) is 1. The molecule has 3 rings (SSSR count). The van der Waals surface area contributed by atoms with E-state index in [-0.39, 0.29) is 19.1 Å². The highest BCUT2D eigenvalue weighted by molar-refractivity contribution is 5.85. The lowest BCUT2D eigenvalue weighted by atomic mass is 9.87. The molecule has 1 amide bonds. The Labute approximate surface area is 123 Å². The molecule has 4 nitrogen and oxygen atoms in total. The van der Waals surface area contributed by atoms with Crippen molar-refractivity contribution in [1.82, 2.24) is 4.90 Å². The van der Waals surface area contributed by atoms with Crippen LogP contribution in [0.2, 0.25) is 0 Å². The summed E-state index contributed by atoms with van der Waals surface area (Å²) in [4.78, 5) is 13.4. The van der Waals surface area contributed by atoms with Crippen LogP contribution in [0.25, 0.3) is 0 Å². The molecular weight excluding hydrogens is 264 g/mol. The van der Waals surface area contributed by atoms with Crippen molar-refractivity contribution in [1.29, 1.82) is 0 Å². The van der Waals surface area contributed by atoms with Gasteiger partial charge in [-0.2, -0.15) is 0 Å². The third-order valence-corrected chi connectivity index (χ3v) is 3.98. The predicted molar refractivity (Wildman–Crippen MR) is 80.4 cm³/mol. The summed E-state index contributed by atoms with van der Waals surface area (Å²) in [7, 11) is 0. The van der Waals surface area contributed by atoms with E-state index in [0.29, 0.717) is 0 Å². The smallest absolute Gasteiger partial charge is 0.252 e. The van der Waals surface area contributed by atoms with Crippen LogP contribution in [-0.2, 0) is 4.79 Å². The molecule has 1 aliphatic heterocycles. The van der Waals surface area contributed by atoms with Crippen LogP contribution in [0.1, 0.15) is 17.2 Å². The number of β-amino-alcohol motifs (C(OH)–C–C–N with tert-alkyl or cyclic N) is 1. The molecular formula is C17H18N2O2. The third-order valence-electron chi connectivity index (χ3n) is 3.98. The van der Waals surface area contributed by atoms with Gasteiger partial charge in [-0.25, -0.2) is 0 Å². The molecule has 21 heavy (non-hydrogen) atoms. The van der Waals surface area contributed by atoms with Gasteiger partial charge in [0, 0.05) is 13.1 Å². The van der Waals surface area contributed by atoms with Crippen molar-refractivity contribution in [2.45, 2.75) is 11.6 Å². The Morgan fingerprint density at radius 2 is 1.43 bits per heavy atom. The molecule has 0 spiro atoms. The number of hydrogen-bond acceptors (Lipinski definition) is 3. The van der Waals surface area contributed by atoms with Gasteiger partial charge in [-0.1, -0.05) is 60.7 Å². The number of hydrogen-bond donors (Lipinski definition) is 2. The van der Waals surface area contributed by atoms with E-state index in [9.17, 15) is 9.90 Å². The minimum Gasteiger partial charge on any atom is -0.377 e. The SMILES string of the molecule is NC(=O)C1(O)CN(C(c2ccccc2)c2ccccc2)C1. The van der Waals surface area contributed by atoms with Crippen LogP contribution in [0.4, 0.5) is 0 Å². The lowest BCUT2D eigenvalue weighted by molar-refractivity contribution is -0.158. The normalized spacial score (nSPS) is 17.4. The molecule has 0 aromatic heterocycles. The standard InChI is InChI=1S/C17H18N2O2/c18-16(20)17(21)11-19(12-17)15(13-7-3-1-4-8-13)14-9-5-2-6-10-14/h1-10,15,21H,11-12H2,(H2,18,20). The quantitative estimate of drug-likeness (QED) is 0.888. The molecule has 1 heterocycles. The summed E-state index contributed by atoms with van der Waals surface area (Å²) >= 11 is 0. The summed E-state index contributed by atoms with van der Waals surface area (Å²) < 4.78 is 0. The number of aliphatic hydroxyl groups is 1. The number of nitrogens with two attached hydrogens (primary N) is 1. The summed E-state index contributed by atoms with van der Waals surface area (Å²) in [6.07, 6.45) is 0. The Kier molecular flexibility index (Phi) is 3.49. The second kappa shape index (κ2) is 5.31. The van der Waals surface area contributed by atoms with Crippen LogP contribution < -0.4 is 5.73 Å². The molecule has 0 atom stereocenters. The topological polar surface area (TPSA) is 66.6 Å². The van der Waals surface area contributed by atoms with Crippen LogP contribution in [0.15, 0.2) is 60.7 Å². The Balaban J connectivity index is 1.91. The van der Waals surface area contributed by atoms with Crippen molar-refractivity contribution >= 4 is 5.91 Å². The van der Waals surface area contributed by atoms with Crippen LogP contribution in [-0.4, -0.2) is 34.6 Å². The summed E-state index contributed by atoms with van der Waals surface area (Å²) in [5.74, 6) is -0.654. The maximum atomic E-state index is 11.3. The molecule has 2 aromatic rings. The molecule has 108 valence electrons. The fourth-order valence-electron chi connectivity index (χ4n) is 2.85. The van der Waals surface area contributed by atoms with E-state index in [2.05, 4.69) is 29.2 Å². The van der Waals surface area contributed by atoms with E-state index in [1.54, 1.807) is 0 Å². The maximum absolute atomic E-state index is 11.3. The molecule has 0 unspecified atom stereocenters. The summed E-state index contributed by atoms with van der Waals surface area (Å²) in [5, 5.41) is 10.1. The number of benzene rings is 2. The van der Waals surface area contributed by atoms with E-state index >= 15 is 0 Å². The molecule has 1 fully saturated rings. The monoisotopic (exact) mass is 282 g/mol. The average Bonchev–Trinajstić information content (AvgIpc) is 2.47. The fourth-order valence-corrected chi connectivity index (χ4v) is 2.85. The number of carbonyl (C=O) groups excluding carboxylic acids is 1. The number of nitrogens with zero attached hydrogens (tertiary/aromatic N) is 1. The maximum Gasteiger partial charge on any atom is 0.252 e. The summed E-state index contributed by atoms with van der Waals surface area (Å²) in [6.45, 7) is 0.521. The average molecular weight is 282 g/mol. The van der Waals surface area contributed by atoms with E-state index in [0.717, 1.165) is 11.1 Å². The van der Waals surface area contributed by atoms with Gasteiger partial charge in [0.05, 0.1) is 6.04 Å². The molecule has 1 aliphatic rings. The molecule has 0 bridgehead atoms. The molecule has 0 saturated carbocycles. The van der Waals surface area contributed by atoms with Gasteiger partial charge in [0.15, 0.2) is 5.60 Å². The van der Waals surface area contributed by atoms with Crippen molar-refractivity contribution in [2.24, 2.45) is 5.73 Å². The van der Waals surface area contributed by atoms with Crippen molar-refractivity contribution in [3.8, 4) is 0 Å². The van der Waals surface area contributed by atoms with Crippen molar-refractivity contribution in [3.05, 3.63) is 71.8 Å². The largest absolute Gasteiger partial charge is 0.377 e. The minimum absolute atomic E-state index is 0.0204. The summed E-state index contributed by atoms with van der Waals surface area (Å²) in [6, 6.07) is 20.2. The fraction of sp³-hybridized carbons (Fsp3) is 0.235. The van der Waals surface area contributed by atoms with Gasteiger partial charge in [-0.05, 0) is 11.1 Å². The zero-order chi connectivity index (χ0) is 14.9. The van der Waals surface area contributed by atoms with Gasteiger partial charge in [0.1, 0.15) is 0 Å². The predicted octanol–water partition coefficient (Wildman–Crippen LogP) is 1.31. The van der Waals surface area contributed by atoms with Crippen LogP contribution in [0.3, 0.4) is 0 Å². The van der Waals surface area contributed by atoms with E-state index < -0.39 is 11.5 Å². The lowest BCUT2D eigenvalue weighted by Crippen LogP contribution is -2.68. The zero-order valence-electron chi connectivity index (χ0n) is 11.6. The van der Waals surface area contributed by atoms with Crippen molar-refractivity contribution < 1.29 is 9.90 Å². The van der Waals surface area contributed by atoms with Crippen LogP contribution >= 0.6 is 0 Å². The Hall–Kier alpha value is -2.17. The Morgan fingerprint density at radius 3 is 1.81 bits per heavy atom. The van der Waals surface area contributed by atoms with Crippen molar-refractivity contribution in [2.75, 3.05) is 13.1 Å². The highest BCUT2D eigenvalue weighted by Gasteiger charge is 2.49. The van der Waals surface area contributed by atoms with E-state index in [4.69, 9.17) is 5.73 Å². The van der Waals surface area contributed by atoms with Gasteiger partial charge < -0.3 is 10.8 Å². The number of rotatable bonds is 4. The Bertz CT molecular complexity index is 582. The second-order valence-electron chi connectivity index (χ2n) is 5.52. The number of amides is 1. The molecule has 0 radical (unpaired) electrons. The highest BCUT2D eigenvalue weighted by Crippen LogP contribution is 2.35. The van der Waals surface area contributed by atoms with Crippen LogP contribution in [0, 0.1) is 0 Å². The van der Waals surface area contributed by atoms with Gasteiger partial charge >= 0.3 is 0 Å². The molecule has 1 saturated heterocycles. The zero-order valence-corrected chi connectivity index (χ0v) is 11.6. The molecule has 2 aromatic carbocycles. The van der Waals surface area contributed by atoms with E-state index in [1.165, 1.54) is 0 Å². The second-order valence-corrected chi connectivity index (χ2v) is 5.52. The van der Waals surface area contributed by atoms with Crippen molar-refractivity contribution in [3.63, 3.8) is 0 Å². The van der Waals surface area contributed by atoms with E-state index in [1.807, 2.05) is 36.4 Å². The molecule has 4 heteroatoms. The highest BCUT2D eigenvalue weighted by atomic mass is 16.3. The first-order valence-electron chi connectivity index (χ1n) is 6.96. The minimum atomic E-state index is -1.40. The number of carbonyl (C=O) groups is 1. The van der Waals surface area contributed by atoms with Gasteiger partial charge in [0.25, 0.3) is 5.91 Å².